The van der Waals surface area contributed by atoms with Gasteiger partial charge in [-0.1, -0.05) is 11.6 Å². The molecule has 0 aromatic carbocycles. The number of fused-ring (bicyclic) bond motifs is 1. The van der Waals surface area contributed by atoms with Gasteiger partial charge in [-0.05, 0) is 39.5 Å². The van der Waals surface area contributed by atoms with Crippen molar-refractivity contribution >= 4 is 11.6 Å². The van der Waals surface area contributed by atoms with Crippen LogP contribution < -0.4 is 0 Å². The molecule has 0 amide bonds. The molecule has 2 aromatic heterocycles. The summed E-state index contributed by atoms with van der Waals surface area (Å²) < 4.78 is 1.75. The Balaban J connectivity index is 2.14. The zero-order chi connectivity index (χ0) is 12.7. The van der Waals surface area contributed by atoms with E-state index in [9.17, 15) is 0 Å². The van der Waals surface area contributed by atoms with Gasteiger partial charge in [-0.15, -0.1) is 0 Å². The number of rotatable bonds is 1. The van der Waals surface area contributed by atoms with E-state index in [1.54, 1.807) is 4.68 Å². The van der Waals surface area contributed by atoms with Gasteiger partial charge in [-0.2, -0.15) is 5.10 Å². The van der Waals surface area contributed by atoms with E-state index in [1.807, 2.05) is 19.9 Å². The van der Waals surface area contributed by atoms with Crippen molar-refractivity contribution in [2.24, 2.45) is 0 Å². The highest BCUT2D eigenvalue weighted by molar-refractivity contribution is 6.30. The van der Waals surface area contributed by atoms with Crippen molar-refractivity contribution in [1.82, 2.24) is 19.7 Å². The average molecular weight is 263 g/mol. The van der Waals surface area contributed by atoms with Crippen LogP contribution in [0.2, 0.25) is 5.15 Å². The third kappa shape index (κ3) is 1.90. The second kappa shape index (κ2) is 4.35. The lowest BCUT2D eigenvalue weighted by atomic mass is 9.99. The molecule has 0 atom stereocenters. The van der Waals surface area contributed by atoms with E-state index < -0.39 is 0 Å². The van der Waals surface area contributed by atoms with Crippen LogP contribution in [-0.4, -0.2) is 19.7 Å². The first-order chi connectivity index (χ1) is 8.65. The highest BCUT2D eigenvalue weighted by Crippen LogP contribution is 2.29. The first-order valence-corrected chi connectivity index (χ1v) is 6.62. The maximum absolute atomic E-state index is 6.42. The molecule has 18 heavy (non-hydrogen) atoms. The van der Waals surface area contributed by atoms with Crippen LogP contribution in [0.25, 0.3) is 5.82 Å². The van der Waals surface area contributed by atoms with Crippen LogP contribution in [0.5, 0.6) is 0 Å². The summed E-state index contributed by atoms with van der Waals surface area (Å²) >= 11 is 6.42. The summed E-state index contributed by atoms with van der Waals surface area (Å²) in [4.78, 5) is 8.69. The molecule has 4 nitrogen and oxygen atoms in total. The molecule has 1 aliphatic carbocycles. The van der Waals surface area contributed by atoms with Crippen molar-refractivity contribution in [3.63, 3.8) is 0 Å². The highest BCUT2D eigenvalue weighted by Gasteiger charge is 2.20. The van der Waals surface area contributed by atoms with Gasteiger partial charge in [-0.3, -0.25) is 0 Å². The first kappa shape index (κ1) is 11.7. The molecular weight excluding hydrogens is 248 g/mol. The average Bonchev–Trinajstić information content (AvgIpc) is 2.66. The molecule has 5 heteroatoms. The Hall–Kier alpha value is -1.42. The minimum Gasteiger partial charge on any atom is -0.238 e. The minimum atomic E-state index is 0.710. The predicted molar refractivity (Wildman–Crippen MR) is 70.3 cm³/mol. The largest absolute Gasteiger partial charge is 0.238 e. The van der Waals surface area contributed by atoms with Gasteiger partial charge in [0.2, 0.25) is 0 Å². The van der Waals surface area contributed by atoms with Crippen molar-refractivity contribution in [1.29, 1.82) is 0 Å². The van der Waals surface area contributed by atoms with E-state index in [2.05, 4.69) is 15.1 Å². The SMILES string of the molecule is Cc1cc(-n2nc3c(c2Cl)CCCC3)nc(C)n1. The highest BCUT2D eigenvalue weighted by atomic mass is 35.5. The van der Waals surface area contributed by atoms with Crippen LogP contribution >= 0.6 is 11.6 Å². The Morgan fingerprint density at radius 3 is 2.67 bits per heavy atom. The number of nitrogens with zero attached hydrogens (tertiary/aromatic N) is 4. The zero-order valence-electron chi connectivity index (χ0n) is 10.6. The fourth-order valence-electron chi connectivity index (χ4n) is 2.47. The monoisotopic (exact) mass is 262 g/mol. The van der Waals surface area contributed by atoms with E-state index >= 15 is 0 Å². The standard InChI is InChI=1S/C13H15ClN4/c1-8-7-12(16-9(2)15-8)18-13(14)10-5-3-4-6-11(10)17-18/h7H,3-6H2,1-2H3. The van der Waals surface area contributed by atoms with E-state index in [0.717, 1.165) is 35.9 Å². The second-order valence-electron chi connectivity index (χ2n) is 4.75. The molecule has 0 bridgehead atoms. The van der Waals surface area contributed by atoms with E-state index in [4.69, 9.17) is 11.6 Å². The van der Waals surface area contributed by atoms with E-state index in [0.29, 0.717) is 5.15 Å². The maximum Gasteiger partial charge on any atom is 0.159 e. The van der Waals surface area contributed by atoms with Crippen molar-refractivity contribution in [3.05, 3.63) is 34.0 Å². The number of aromatic nitrogens is 4. The molecular formula is C13H15ClN4. The summed E-state index contributed by atoms with van der Waals surface area (Å²) in [5.41, 5.74) is 3.25. The minimum absolute atomic E-state index is 0.710. The van der Waals surface area contributed by atoms with Gasteiger partial charge in [0.25, 0.3) is 0 Å². The number of hydrogen-bond donors (Lipinski definition) is 0. The fraction of sp³-hybridized carbons (Fsp3) is 0.462. The van der Waals surface area contributed by atoms with E-state index in [1.165, 1.54) is 18.4 Å². The smallest absolute Gasteiger partial charge is 0.159 e. The molecule has 1 aliphatic rings. The van der Waals surface area contributed by atoms with Crippen LogP contribution in [0, 0.1) is 13.8 Å². The Kier molecular flexibility index (Phi) is 2.82. The van der Waals surface area contributed by atoms with Gasteiger partial charge in [0.05, 0.1) is 5.69 Å². The van der Waals surface area contributed by atoms with Crippen molar-refractivity contribution in [2.45, 2.75) is 39.5 Å². The first-order valence-electron chi connectivity index (χ1n) is 6.24. The molecule has 0 saturated heterocycles. The van der Waals surface area contributed by atoms with Crippen molar-refractivity contribution in [2.75, 3.05) is 0 Å². The van der Waals surface area contributed by atoms with Crippen molar-refractivity contribution in [3.8, 4) is 5.82 Å². The lowest BCUT2D eigenvalue weighted by Gasteiger charge is -2.08. The maximum atomic E-state index is 6.42. The third-order valence-corrected chi connectivity index (χ3v) is 3.65. The lowest BCUT2D eigenvalue weighted by Crippen LogP contribution is -2.04. The molecule has 0 aliphatic heterocycles. The van der Waals surface area contributed by atoms with Crippen molar-refractivity contribution < 1.29 is 0 Å². The summed E-state index contributed by atoms with van der Waals surface area (Å²) in [5.74, 6) is 1.51. The van der Waals surface area contributed by atoms with Gasteiger partial charge in [-0.25, -0.2) is 14.6 Å². The molecule has 0 unspecified atom stereocenters. The molecule has 0 spiro atoms. The Bertz CT molecular complexity index is 583. The van der Waals surface area contributed by atoms with Crippen LogP contribution in [0.3, 0.4) is 0 Å². The second-order valence-corrected chi connectivity index (χ2v) is 5.11. The summed E-state index contributed by atoms with van der Waals surface area (Å²) in [6, 6.07) is 1.91. The van der Waals surface area contributed by atoms with Gasteiger partial charge in [0.1, 0.15) is 11.0 Å². The number of halogens is 1. The van der Waals surface area contributed by atoms with Crippen LogP contribution in [0.15, 0.2) is 6.07 Å². The Labute approximate surface area is 111 Å². The quantitative estimate of drug-likeness (QED) is 0.794. The Morgan fingerprint density at radius 2 is 1.94 bits per heavy atom. The molecule has 0 N–H and O–H groups in total. The van der Waals surface area contributed by atoms with Crippen LogP contribution in [-0.2, 0) is 12.8 Å². The summed E-state index contributed by atoms with van der Waals surface area (Å²) in [5, 5.41) is 5.31. The topological polar surface area (TPSA) is 43.6 Å². The van der Waals surface area contributed by atoms with Gasteiger partial charge < -0.3 is 0 Å². The molecule has 0 saturated carbocycles. The summed E-state index contributed by atoms with van der Waals surface area (Å²) in [6.45, 7) is 3.84. The molecule has 0 radical (unpaired) electrons. The fourth-order valence-corrected chi connectivity index (χ4v) is 2.80. The zero-order valence-corrected chi connectivity index (χ0v) is 11.3. The summed E-state index contributed by atoms with van der Waals surface area (Å²) in [7, 11) is 0. The molecule has 2 heterocycles. The molecule has 2 aromatic rings. The number of hydrogen-bond acceptors (Lipinski definition) is 3. The normalized spacial score (nSPS) is 14.6. The third-order valence-electron chi connectivity index (χ3n) is 3.26. The van der Waals surface area contributed by atoms with Gasteiger partial charge in [0, 0.05) is 17.3 Å². The molecule has 0 fully saturated rings. The Morgan fingerprint density at radius 1 is 1.17 bits per heavy atom. The number of aryl methyl sites for hydroxylation is 3. The van der Waals surface area contributed by atoms with Gasteiger partial charge in [0.15, 0.2) is 5.82 Å². The van der Waals surface area contributed by atoms with Crippen LogP contribution in [0.4, 0.5) is 0 Å². The summed E-state index contributed by atoms with van der Waals surface area (Å²) in [6.07, 6.45) is 4.44. The van der Waals surface area contributed by atoms with Crippen LogP contribution in [0.1, 0.15) is 35.6 Å². The molecule has 3 rings (SSSR count). The van der Waals surface area contributed by atoms with E-state index in [-0.39, 0.29) is 0 Å². The molecule has 94 valence electrons. The van der Waals surface area contributed by atoms with Gasteiger partial charge >= 0.3 is 0 Å². The lowest BCUT2D eigenvalue weighted by molar-refractivity contribution is 0.670. The predicted octanol–water partition coefficient (Wildman–Crippen LogP) is 2.81.